The maximum Gasteiger partial charge on any atom is 0.335 e. The van der Waals surface area contributed by atoms with Gasteiger partial charge in [0, 0.05) is 12.0 Å². The summed E-state index contributed by atoms with van der Waals surface area (Å²) < 4.78 is 10.3. The van der Waals surface area contributed by atoms with Crippen LogP contribution in [0.4, 0.5) is 5.69 Å². The molecule has 2 rings (SSSR count). The number of aromatic nitrogens is 1. The van der Waals surface area contributed by atoms with E-state index in [9.17, 15) is 9.59 Å². The molecule has 0 aliphatic heterocycles. The van der Waals surface area contributed by atoms with Gasteiger partial charge >= 0.3 is 5.97 Å². The van der Waals surface area contributed by atoms with Crippen molar-refractivity contribution in [2.75, 3.05) is 12.4 Å². The Kier molecular flexibility index (Phi) is 5.23. The third-order valence-electron chi connectivity index (χ3n) is 3.80. The summed E-state index contributed by atoms with van der Waals surface area (Å²) in [4.78, 5) is 23.3. The summed E-state index contributed by atoms with van der Waals surface area (Å²) in [6.45, 7) is 5.59. The maximum absolute atomic E-state index is 12.3. The van der Waals surface area contributed by atoms with Gasteiger partial charge in [0.1, 0.15) is 11.5 Å². The van der Waals surface area contributed by atoms with Crippen molar-refractivity contribution in [3.05, 3.63) is 40.8 Å². The van der Waals surface area contributed by atoms with E-state index in [2.05, 4.69) is 10.5 Å². The molecule has 24 heavy (non-hydrogen) atoms. The second-order valence-electron chi connectivity index (χ2n) is 5.61. The Balaban J connectivity index is 2.11. The van der Waals surface area contributed by atoms with Gasteiger partial charge in [0.2, 0.25) is 5.91 Å². The van der Waals surface area contributed by atoms with Crippen LogP contribution in [0.3, 0.4) is 0 Å². The van der Waals surface area contributed by atoms with Crippen molar-refractivity contribution in [2.24, 2.45) is 0 Å². The Morgan fingerprint density at radius 2 is 2.08 bits per heavy atom. The number of benzene rings is 1. The van der Waals surface area contributed by atoms with E-state index >= 15 is 0 Å². The number of amides is 1. The van der Waals surface area contributed by atoms with Crippen LogP contribution in [0.2, 0.25) is 0 Å². The first kappa shape index (κ1) is 17.5. The van der Waals surface area contributed by atoms with E-state index in [4.69, 9.17) is 14.4 Å². The zero-order valence-electron chi connectivity index (χ0n) is 14.0. The Morgan fingerprint density at radius 1 is 1.38 bits per heavy atom. The molecule has 0 aliphatic carbocycles. The normalized spacial score (nSPS) is 11.8. The number of nitrogens with one attached hydrogen (secondary N) is 1. The number of rotatable bonds is 6. The molecule has 0 radical (unpaired) electrons. The van der Waals surface area contributed by atoms with Gasteiger partial charge in [-0.2, -0.15) is 0 Å². The number of hydrogen-bond donors (Lipinski definition) is 2. The van der Waals surface area contributed by atoms with Crippen LogP contribution < -0.4 is 10.1 Å². The predicted molar refractivity (Wildman–Crippen MR) is 87.6 cm³/mol. The maximum atomic E-state index is 12.3. The van der Waals surface area contributed by atoms with Gasteiger partial charge in [0.25, 0.3) is 0 Å². The van der Waals surface area contributed by atoms with Crippen LogP contribution >= 0.6 is 0 Å². The van der Waals surface area contributed by atoms with E-state index < -0.39 is 5.97 Å². The van der Waals surface area contributed by atoms with Gasteiger partial charge in [0.05, 0.1) is 24.1 Å². The lowest BCUT2D eigenvalue weighted by Crippen LogP contribution is -2.15. The molecular weight excluding hydrogens is 312 g/mol. The molecule has 0 saturated carbocycles. The van der Waals surface area contributed by atoms with E-state index in [0.29, 0.717) is 17.2 Å². The highest BCUT2D eigenvalue weighted by atomic mass is 16.5. The van der Waals surface area contributed by atoms with Gasteiger partial charge in [-0.05, 0) is 38.0 Å². The van der Waals surface area contributed by atoms with Gasteiger partial charge in [-0.1, -0.05) is 12.1 Å². The standard InChI is InChI=1S/C17H20N2O5/c1-9(16-10(2)19-24-11(16)3)7-15(20)18-13-6-5-12(17(21)22)8-14(13)23-4/h5-6,8-9H,7H2,1-4H3,(H,18,20)(H,21,22). The molecule has 7 nitrogen and oxygen atoms in total. The lowest BCUT2D eigenvalue weighted by molar-refractivity contribution is -0.116. The van der Waals surface area contributed by atoms with Crippen LogP contribution in [0.5, 0.6) is 5.75 Å². The fourth-order valence-corrected chi connectivity index (χ4v) is 2.70. The monoisotopic (exact) mass is 332 g/mol. The quantitative estimate of drug-likeness (QED) is 0.842. The van der Waals surface area contributed by atoms with Gasteiger partial charge < -0.3 is 19.7 Å². The van der Waals surface area contributed by atoms with Crippen LogP contribution in [0, 0.1) is 13.8 Å². The smallest absolute Gasteiger partial charge is 0.335 e. The summed E-state index contributed by atoms with van der Waals surface area (Å²) in [6, 6.07) is 4.30. The van der Waals surface area contributed by atoms with E-state index in [0.717, 1.165) is 11.3 Å². The van der Waals surface area contributed by atoms with E-state index in [1.165, 1.54) is 25.3 Å². The number of carbonyl (C=O) groups is 2. The lowest BCUT2D eigenvalue weighted by Gasteiger charge is -2.14. The molecule has 1 aromatic heterocycles. The number of anilines is 1. The van der Waals surface area contributed by atoms with Crippen LogP contribution in [0.1, 0.15) is 46.6 Å². The summed E-state index contributed by atoms with van der Waals surface area (Å²) in [5, 5.41) is 15.6. The first-order valence-electron chi connectivity index (χ1n) is 7.47. The van der Waals surface area contributed by atoms with Crippen molar-refractivity contribution in [1.82, 2.24) is 5.16 Å². The van der Waals surface area contributed by atoms with Crippen LogP contribution in [-0.2, 0) is 4.79 Å². The number of methoxy groups -OCH3 is 1. The SMILES string of the molecule is COc1cc(C(=O)O)ccc1NC(=O)CC(C)c1c(C)noc1C. The zero-order valence-corrected chi connectivity index (χ0v) is 14.0. The molecule has 1 aromatic carbocycles. The van der Waals surface area contributed by atoms with Gasteiger partial charge in [-0.3, -0.25) is 4.79 Å². The second kappa shape index (κ2) is 7.16. The van der Waals surface area contributed by atoms with Crippen molar-refractivity contribution in [3.8, 4) is 5.75 Å². The number of hydrogen-bond acceptors (Lipinski definition) is 5. The van der Waals surface area contributed by atoms with Crippen LogP contribution in [0.15, 0.2) is 22.7 Å². The van der Waals surface area contributed by atoms with Crippen molar-refractivity contribution < 1.29 is 24.0 Å². The summed E-state index contributed by atoms with van der Waals surface area (Å²) >= 11 is 0. The molecule has 2 N–H and O–H groups in total. The topological polar surface area (TPSA) is 102 Å². The number of carboxylic acids is 1. The summed E-state index contributed by atoms with van der Waals surface area (Å²) in [6.07, 6.45) is 0.243. The number of carboxylic acid groups (broad SMARTS) is 1. The van der Waals surface area contributed by atoms with Gasteiger partial charge in [-0.25, -0.2) is 4.79 Å². The van der Waals surface area contributed by atoms with Crippen molar-refractivity contribution >= 4 is 17.6 Å². The van der Waals surface area contributed by atoms with E-state index in [-0.39, 0.29) is 23.8 Å². The summed E-state index contributed by atoms with van der Waals surface area (Å²) in [5.41, 5.74) is 2.22. The van der Waals surface area contributed by atoms with Crippen molar-refractivity contribution in [3.63, 3.8) is 0 Å². The number of ether oxygens (including phenoxy) is 1. The van der Waals surface area contributed by atoms with Crippen LogP contribution in [0.25, 0.3) is 0 Å². The Morgan fingerprint density at radius 3 is 2.62 bits per heavy atom. The number of nitrogens with zero attached hydrogens (tertiary/aromatic N) is 1. The number of aryl methyl sites for hydroxylation is 2. The number of carbonyl (C=O) groups excluding carboxylic acids is 1. The molecule has 0 saturated heterocycles. The van der Waals surface area contributed by atoms with Crippen molar-refractivity contribution in [2.45, 2.75) is 33.1 Å². The highest BCUT2D eigenvalue weighted by Gasteiger charge is 2.20. The predicted octanol–water partition coefficient (Wildman–Crippen LogP) is 3.13. The Hall–Kier alpha value is -2.83. The molecular formula is C17H20N2O5. The molecule has 0 spiro atoms. The highest BCUT2D eigenvalue weighted by molar-refractivity contribution is 5.94. The summed E-state index contributed by atoms with van der Waals surface area (Å²) in [7, 11) is 1.42. The molecule has 1 heterocycles. The van der Waals surface area contributed by atoms with E-state index in [1.54, 1.807) is 0 Å². The molecule has 7 heteroatoms. The van der Waals surface area contributed by atoms with Crippen LogP contribution in [-0.4, -0.2) is 29.2 Å². The minimum atomic E-state index is -1.06. The minimum absolute atomic E-state index is 0.0551. The highest BCUT2D eigenvalue weighted by Crippen LogP contribution is 2.29. The van der Waals surface area contributed by atoms with E-state index in [1.807, 2.05) is 20.8 Å². The molecule has 0 bridgehead atoms. The fraction of sp³-hybridized carbons (Fsp3) is 0.353. The van der Waals surface area contributed by atoms with Gasteiger partial charge in [0.15, 0.2) is 0 Å². The zero-order chi connectivity index (χ0) is 17.9. The molecule has 2 aromatic rings. The fourth-order valence-electron chi connectivity index (χ4n) is 2.70. The molecule has 0 fully saturated rings. The third-order valence-corrected chi connectivity index (χ3v) is 3.80. The second-order valence-corrected chi connectivity index (χ2v) is 5.61. The number of aromatic carboxylic acids is 1. The molecule has 1 unspecified atom stereocenters. The summed E-state index contributed by atoms with van der Waals surface area (Å²) in [5.74, 6) is -0.313. The third kappa shape index (κ3) is 3.73. The average molecular weight is 332 g/mol. The largest absolute Gasteiger partial charge is 0.495 e. The molecule has 0 aliphatic rings. The first-order chi connectivity index (χ1) is 11.3. The molecule has 1 atom stereocenters. The Bertz CT molecular complexity index is 747. The van der Waals surface area contributed by atoms with Crippen molar-refractivity contribution in [1.29, 1.82) is 0 Å². The molecule has 1 amide bonds. The minimum Gasteiger partial charge on any atom is -0.495 e. The average Bonchev–Trinajstić information content (AvgIpc) is 2.86. The van der Waals surface area contributed by atoms with Gasteiger partial charge in [-0.15, -0.1) is 0 Å². The Labute approximate surface area is 139 Å². The molecule has 128 valence electrons. The lowest BCUT2D eigenvalue weighted by atomic mass is 9.96. The first-order valence-corrected chi connectivity index (χ1v) is 7.47.